The Morgan fingerprint density at radius 1 is 1.37 bits per heavy atom. The van der Waals surface area contributed by atoms with E-state index in [1.54, 1.807) is 0 Å². The molecule has 0 bridgehead atoms. The van der Waals surface area contributed by atoms with Gasteiger partial charge in [0.25, 0.3) is 5.91 Å². The van der Waals surface area contributed by atoms with Gasteiger partial charge >= 0.3 is 0 Å². The quantitative estimate of drug-likeness (QED) is 0.839. The molecule has 2 rings (SSSR count). The van der Waals surface area contributed by atoms with Gasteiger partial charge in [-0.15, -0.1) is 6.58 Å². The molecule has 1 aromatic heterocycles. The lowest BCUT2D eigenvalue weighted by Crippen LogP contribution is -2.40. The summed E-state index contributed by atoms with van der Waals surface area (Å²) < 4.78 is 2.04. The Morgan fingerprint density at radius 3 is 2.68 bits per heavy atom. The SMILES string of the molecule is C=CCn1cc(C(=O)NC(C)(C)C)c2ccccc21. The first-order chi connectivity index (χ1) is 8.92. The number of aromatic nitrogens is 1. The Labute approximate surface area is 113 Å². The number of benzene rings is 1. The van der Waals surface area contributed by atoms with Crippen LogP contribution in [0.1, 0.15) is 31.1 Å². The van der Waals surface area contributed by atoms with Crippen molar-refractivity contribution in [3.8, 4) is 0 Å². The fourth-order valence-electron chi connectivity index (χ4n) is 2.13. The number of allylic oxidation sites excluding steroid dienone is 1. The first-order valence-electron chi connectivity index (χ1n) is 6.43. The van der Waals surface area contributed by atoms with Gasteiger partial charge in [-0.2, -0.15) is 0 Å². The molecule has 3 heteroatoms. The van der Waals surface area contributed by atoms with E-state index in [0.29, 0.717) is 12.1 Å². The Kier molecular flexibility index (Phi) is 3.47. The molecular weight excluding hydrogens is 236 g/mol. The van der Waals surface area contributed by atoms with E-state index in [4.69, 9.17) is 0 Å². The summed E-state index contributed by atoms with van der Waals surface area (Å²) in [5, 5.41) is 3.98. The van der Waals surface area contributed by atoms with Crippen LogP contribution in [0.25, 0.3) is 10.9 Å². The number of nitrogens with zero attached hydrogens (tertiary/aromatic N) is 1. The Hall–Kier alpha value is -2.03. The van der Waals surface area contributed by atoms with Gasteiger partial charge in [-0.3, -0.25) is 4.79 Å². The molecule has 0 saturated carbocycles. The largest absolute Gasteiger partial charge is 0.347 e. The van der Waals surface area contributed by atoms with Crippen molar-refractivity contribution >= 4 is 16.8 Å². The zero-order valence-corrected chi connectivity index (χ0v) is 11.7. The van der Waals surface area contributed by atoms with Crippen molar-refractivity contribution in [2.24, 2.45) is 0 Å². The molecule has 3 nitrogen and oxygen atoms in total. The van der Waals surface area contributed by atoms with E-state index in [9.17, 15) is 4.79 Å². The summed E-state index contributed by atoms with van der Waals surface area (Å²) >= 11 is 0. The summed E-state index contributed by atoms with van der Waals surface area (Å²) in [6, 6.07) is 7.93. The molecule has 1 N–H and O–H groups in total. The molecule has 19 heavy (non-hydrogen) atoms. The van der Waals surface area contributed by atoms with Crippen molar-refractivity contribution in [3.05, 3.63) is 48.7 Å². The van der Waals surface area contributed by atoms with Crippen molar-refractivity contribution < 1.29 is 4.79 Å². The predicted molar refractivity (Wildman–Crippen MR) is 79.4 cm³/mol. The Morgan fingerprint density at radius 2 is 2.05 bits per heavy atom. The number of carbonyl (C=O) groups is 1. The fourth-order valence-corrected chi connectivity index (χ4v) is 2.13. The monoisotopic (exact) mass is 256 g/mol. The average Bonchev–Trinajstić information content (AvgIpc) is 2.67. The molecule has 0 aliphatic carbocycles. The maximum absolute atomic E-state index is 12.3. The van der Waals surface area contributed by atoms with Crippen LogP contribution in [0.15, 0.2) is 43.1 Å². The molecule has 0 aliphatic rings. The Balaban J connectivity index is 2.48. The van der Waals surface area contributed by atoms with Crippen molar-refractivity contribution in [2.45, 2.75) is 32.9 Å². The van der Waals surface area contributed by atoms with E-state index in [2.05, 4.69) is 11.9 Å². The number of nitrogens with one attached hydrogen (secondary N) is 1. The highest BCUT2D eigenvalue weighted by Crippen LogP contribution is 2.22. The van der Waals surface area contributed by atoms with E-state index >= 15 is 0 Å². The molecule has 1 amide bonds. The highest BCUT2D eigenvalue weighted by Gasteiger charge is 2.19. The standard InChI is InChI=1S/C16H20N2O/c1-5-10-18-11-13(15(19)17-16(2,3)4)12-8-6-7-9-14(12)18/h5-9,11H,1,10H2,2-4H3,(H,17,19). The first kappa shape index (κ1) is 13.4. The first-order valence-corrected chi connectivity index (χ1v) is 6.43. The molecule has 100 valence electrons. The van der Waals surface area contributed by atoms with E-state index in [1.165, 1.54) is 0 Å². The average molecular weight is 256 g/mol. The third-order valence-corrected chi connectivity index (χ3v) is 2.85. The number of carbonyl (C=O) groups excluding carboxylic acids is 1. The molecule has 2 aromatic rings. The Bertz CT molecular complexity index is 617. The molecule has 1 aromatic carbocycles. The van der Waals surface area contributed by atoms with Crippen molar-refractivity contribution in [2.75, 3.05) is 0 Å². The summed E-state index contributed by atoms with van der Waals surface area (Å²) in [6.07, 6.45) is 3.73. The molecule has 0 saturated heterocycles. The second kappa shape index (κ2) is 4.92. The second-order valence-electron chi connectivity index (χ2n) is 5.71. The van der Waals surface area contributed by atoms with Gasteiger partial charge in [0.15, 0.2) is 0 Å². The van der Waals surface area contributed by atoms with Crippen molar-refractivity contribution in [1.29, 1.82) is 0 Å². The number of rotatable bonds is 3. The van der Waals surface area contributed by atoms with Gasteiger partial charge in [-0.25, -0.2) is 0 Å². The molecular formula is C16H20N2O. The van der Waals surface area contributed by atoms with E-state index in [0.717, 1.165) is 10.9 Å². The van der Waals surface area contributed by atoms with Gasteiger partial charge in [0, 0.05) is 29.2 Å². The summed E-state index contributed by atoms with van der Waals surface area (Å²) in [4.78, 5) is 12.3. The van der Waals surface area contributed by atoms with Crippen LogP contribution in [0.4, 0.5) is 0 Å². The van der Waals surface area contributed by atoms with Crippen molar-refractivity contribution in [1.82, 2.24) is 9.88 Å². The predicted octanol–water partition coefficient (Wildman–Crippen LogP) is 3.36. The normalized spacial score (nSPS) is 11.5. The van der Waals surface area contributed by atoms with Gasteiger partial charge in [0.05, 0.1) is 5.56 Å². The van der Waals surface area contributed by atoms with Crippen LogP contribution in [0, 0.1) is 0 Å². The van der Waals surface area contributed by atoms with Gasteiger partial charge < -0.3 is 9.88 Å². The lowest BCUT2D eigenvalue weighted by Gasteiger charge is -2.20. The highest BCUT2D eigenvalue weighted by molar-refractivity contribution is 6.07. The van der Waals surface area contributed by atoms with Gasteiger partial charge in [-0.05, 0) is 26.8 Å². The molecule has 0 aliphatic heterocycles. The van der Waals surface area contributed by atoms with E-state index in [1.807, 2.05) is 61.9 Å². The number of amides is 1. The van der Waals surface area contributed by atoms with E-state index < -0.39 is 0 Å². The van der Waals surface area contributed by atoms with Crippen LogP contribution in [0.5, 0.6) is 0 Å². The third kappa shape index (κ3) is 2.87. The summed E-state index contributed by atoms with van der Waals surface area (Å²) in [6.45, 7) is 10.4. The summed E-state index contributed by atoms with van der Waals surface area (Å²) in [5.74, 6) is -0.0356. The molecule has 0 radical (unpaired) electrons. The summed E-state index contributed by atoms with van der Waals surface area (Å²) in [7, 11) is 0. The molecule has 0 fully saturated rings. The number of hydrogen-bond acceptors (Lipinski definition) is 1. The highest BCUT2D eigenvalue weighted by atomic mass is 16.1. The maximum Gasteiger partial charge on any atom is 0.253 e. The van der Waals surface area contributed by atoms with E-state index in [-0.39, 0.29) is 11.4 Å². The molecule has 0 unspecified atom stereocenters. The number of para-hydroxylation sites is 1. The topological polar surface area (TPSA) is 34.0 Å². The fraction of sp³-hybridized carbons (Fsp3) is 0.312. The minimum atomic E-state index is -0.237. The number of hydrogen-bond donors (Lipinski definition) is 1. The number of fused-ring (bicyclic) bond motifs is 1. The van der Waals surface area contributed by atoms with Crippen LogP contribution in [-0.4, -0.2) is 16.0 Å². The van der Waals surface area contributed by atoms with Gasteiger partial charge in [0.1, 0.15) is 0 Å². The van der Waals surface area contributed by atoms with Crippen LogP contribution in [-0.2, 0) is 6.54 Å². The second-order valence-corrected chi connectivity index (χ2v) is 5.71. The lowest BCUT2D eigenvalue weighted by atomic mass is 10.1. The van der Waals surface area contributed by atoms with Crippen LogP contribution in [0.3, 0.4) is 0 Å². The van der Waals surface area contributed by atoms with Gasteiger partial charge in [0.2, 0.25) is 0 Å². The smallest absolute Gasteiger partial charge is 0.253 e. The zero-order valence-electron chi connectivity index (χ0n) is 11.7. The van der Waals surface area contributed by atoms with Crippen LogP contribution in [0.2, 0.25) is 0 Å². The van der Waals surface area contributed by atoms with Crippen LogP contribution >= 0.6 is 0 Å². The van der Waals surface area contributed by atoms with Crippen molar-refractivity contribution in [3.63, 3.8) is 0 Å². The molecule has 1 heterocycles. The minimum Gasteiger partial charge on any atom is -0.347 e. The zero-order chi connectivity index (χ0) is 14.0. The van der Waals surface area contributed by atoms with Gasteiger partial charge in [-0.1, -0.05) is 24.3 Å². The molecule has 0 spiro atoms. The lowest BCUT2D eigenvalue weighted by molar-refractivity contribution is 0.0921. The maximum atomic E-state index is 12.3. The van der Waals surface area contributed by atoms with Crippen LogP contribution < -0.4 is 5.32 Å². The minimum absolute atomic E-state index is 0.0356. The molecule has 0 atom stereocenters. The summed E-state index contributed by atoms with van der Waals surface area (Å²) in [5.41, 5.74) is 1.53. The third-order valence-electron chi connectivity index (χ3n) is 2.85.